The van der Waals surface area contributed by atoms with Crippen LogP contribution in [-0.4, -0.2) is 44.4 Å². The topological polar surface area (TPSA) is 109 Å². The monoisotopic (exact) mass is 450 g/mol. The second kappa shape index (κ2) is 10.5. The van der Waals surface area contributed by atoms with Crippen LogP contribution in [0, 0.1) is 11.6 Å². The number of nitrogens with one attached hydrogen (secondary N) is 1. The van der Waals surface area contributed by atoms with Crippen LogP contribution in [0.15, 0.2) is 42.6 Å². The van der Waals surface area contributed by atoms with Gasteiger partial charge in [0, 0.05) is 17.5 Å². The van der Waals surface area contributed by atoms with Crippen LogP contribution in [0.25, 0.3) is 10.9 Å². The smallest absolute Gasteiger partial charge is 0.231 e. The molecular formula is C21H20F2N2O5S. The van der Waals surface area contributed by atoms with E-state index in [1.807, 2.05) is 0 Å². The van der Waals surface area contributed by atoms with Gasteiger partial charge in [-0.25, -0.2) is 17.7 Å². The van der Waals surface area contributed by atoms with Crippen LogP contribution in [0.4, 0.5) is 8.78 Å². The summed E-state index contributed by atoms with van der Waals surface area (Å²) in [7, 11) is 0. The van der Waals surface area contributed by atoms with E-state index in [4.69, 9.17) is 14.4 Å². The highest BCUT2D eigenvalue weighted by Crippen LogP contribution is 2.24. The Hall–Kier alpha value is -2.79. The van der Waals surface area contributed by atoms with E-state index in [0.717, 1.165) is 6.07 Å². The third-order valence-electron chi connectivity index (χ3n) is 4.48. The molecule has 2 aromatic carbocycles. The van der Waals surface area contributed by atoms with Gasteiger partial charge in [-0.05, 0) is 54.8 Å². The normalized spacial score (nSPS) is 12.1. The molecule has 0 spiro atoms. The Morgan fingerprint density at radius 1 is 1.19 bits per heavy atom. The molecule has 1 heterocycles. The Labute approximate surface area is 179 Å². The van der Waals surface area contributed by atoms with Crippen LogP contribution < -0.4 is 9.46 Å². The number of pyridine rings is 1. The third kappa shape index (κ3) is 5.88. The molecule has 0 aliphatic heterocycles. The molecule has 31 heavy (non-hydrogen) atoms. The summed E-state index contributed by atoms with van der Waals surface area (Å²) in [5.41, 5.74) is 0.743. The average molecular weight is 450 g/mol. The van der Waals surface area contributed by atoms with Gasteiger partial charge in [0.2, 0.25) is 11.3 Å². The minimum Gasteiger partial charge on any atom is -0.490 e. The van der Waals surface area contributed by atoms with E-state index in [-0.39, 0.29) is 31.7 Å². The summed E-state index contributed by atoms with van der Waals surface area (Å²) in [6, 6.07) is 8.53. The number of nitrogens with zero attached hydrogens (tertiary/aromatic N) is 1. The lowest BCUT2D eigenvalue weighted by Gasteiger charge is -2.09. The van der Waals surface area contributed by atoms with Crippen molar-refractivity contribution in [3.63, 3.8) is 0 Å². The fourth-order valence-corrected chi connectivity index (χ4v) is 3.38. The lowest BCUT2D eigenvalue weighted by atomic mass is 9.97. The lowest BCUT2D eigenvalue weighted by Crippen LogP contribution is -2.18. The van der Waals surface area contributed by atoms with Gasteiger partial charge in [-0.15, -0.1) is 0 Å². The van der Waals surface area contributed by atoms with Gasteiger partial charge in [0.05, 0.1) is 23.9 Å². The number of carbonyl (C=O) groups is 1. The number of aliphatic hydroxyl groups excluding tert-OH is 1. The van der Waals surface area contributed by atoms with Crippen molar-refractivity contribution in [3.05, 3.63) is 70.9 Å². The van der Waals surface area contributed by atoms with Gasteiger partial charge >= 0.3 is 0 Å². The fraction of sp³-hybridized carbons (Fsp3) is 0.238. The first kappa shape index (κ1) is 22.9. The van der Waals surface area contributed by atoms with Gasteiger partial charge in [-0.2, -0.15) is 0 Å². The molecule has 164 valence electrons. The van der Waals surface area contributed by atoms with Crippen LogP contribution in [0.3, 0.4) is 0 Å². The van der Waals surface area contributed by atoms with Gasteiger partial charge < -0.3 is 9.84 Å². The zero-order chi connectivity index (χ0) is 22.4. The van der Waals surface area contributed by atoms with E-state index >= 15 is 0 Å². The molecular weight excluding hydrogens is 430 g/mol. The molecule has 0 amide bonds. The number of rotatable bonds is 10. The lowest BCUT2D eigenvalue weighted by molar-refractivity contribution is 0.103. The first-order valence-corrected chi connectivity index (χ1v) is 10.5. The van der Waals surface area contributed by atoms with Crippen molar-refractivity contribution in [1.82, 2.24) is 9.71 Å². The Balaban J connectivity index is 1.86. The van der Waals surface area contributed by atoms with Crippen molar-refractivity contribution in [2.45, 2.75) is 12.8 Å². The Bertz CT molecular complexity index is 1130. The predicted molar refractivity (Wildman–Crippen MR) is 111 cm³/mol. The van der Waals surface area contributed by atoms with Gasteiger partial charge in [0.25, 0.3) is 0 Å². The van der Waals surface area contributed by atoms with Crippen molar-refractivity contribution in [3.8, 4) is 5.75 Å². The van der Waals surface area contributed by atoms with E-state index < -0.39 is 34.2 Å². The highest BCUT2D eigenvalue weighted by Gasteiger charge is 2.19. The molecule has 0 saturated carbocycles. The fourth-order valence-electron chi connectivity index (χ4n) is 3.06. The molecule has 0 aliphatic rings. The molecule has 7 nitrogen and oxygen atoms in total. The maximum absolute atomic E-state index is 14.4. The summed E-state index contributed by atoms with van der Waals surface area (Å²) in [4.78, 5) is 17.1. The number of ether oxygens (including phenoxy) is 1. The summed E-state index contributed by atoms with van der Waals surface area (Å²) in [5, 5.41) is 9.43. The third-order valence-corrected chi connectivity index (χ3v) is 4.93. The van der Waals surface area contributed by atoms with Gasteiger partial charge in [-0.3, -0.25) is 14.3 Å². The first-order valence-electron chi connectivity index (χ1n) is 9.39. The maximum atomic E-state index is 14.4. The summed E-state index contributed by atoms with van der Waals surface area (Å²) < 4.78 is 55.4. The highest BCUT2D eigenvalue weighted by atomic mass is 32.2. The average Bonchev–Trinajstić information content (AvgIpc) is 2.76. The number of aliphatic hydroxyl groups is 1. The molecule has 1 unspecified atom stereocenters. The van der Waals surface area contributed by atoms with Gasteiger partial charge in [0.15, 0.2) is 17.4 Å². The SMILES string of the molecule is O=C(c1ccc2ncc(OCCO)cc2c1)c1cc(CCCNS(=O)O)cc(F)c1F. The van der Waals surface area contributed by atoms with Crippen LogP contribution >= 0.6 is 0 Å². The molecule has 0 fully saturated rings. The molecule has 1 aromatic heterocycles. The van der Waals surface area contributed by atoms with E-state index in [1.54, 1.807) is 12.1 Å². The summed E-state index contributed by atoms with van der Waals surface area (Å²) in [6.45, 7) is 0.127. The number of ketones is 1. The van der Waals surface area contributed by atoms with Crippen LogP contribution in [0.2, 0.25) is 0 Å². The molecule has 10 heteroatoms. The van der Waals surface area contributed by atoms with E-state index in [0.29, 0.717) is 28.6 Å². The summed E-state index contributed by atoms with van der Waals surface area (Å²) >= 11 is -2.15. The molecule has 0 saturated heterocycles. The number of aryl methyl sites for hydroxylation is 1. The highest BCUT2D eigenvalue weighted by molar-refractivity contribution is 7.77. The Morgan fingerprint density at radius 3 is 2.74 bits per heavy atom. The maximum Gasteiger partial charge on any atom is 0.231 e. The number of halogens is 2. The van der Waals surface area contributed by atoms with E-state index in [1.165, 1.54) is 24.4 Å². The van der Waals surface area contributed by atoms with Crippen molar-refractivity contribution in [2.24, 2.45) is 0 Å². The van der Waals surface area contributed by atoms with Crippen LogP contribution in [0.1, 0.15) is 27.9 Å². The minimum absolute atomic E-state index is 0.0901. The summed E-state index contributed by atoms with van der Waals surface area (Å²) in [5.74, 6) is -2.65. The number of hydrogen-bond donors (Lipinski definition) is 3. The second-order valence-corrected chi connectivity index (χ2v) is 7.45. The number of aromatic nitrogens is 1. The minimum atomic E-state index is -2.15. The zero-order valence-electron chi connectivity index (χ0n) is 16.3. The number of hydrogen-bond acceptors (Lipinski definition) is 5. The molecule has 0 radical (unpaired) electrons. The number of carbonyl (C=O) groups excluding carboxylic acids is 1. The zero-order valence-corrected chi connectivity index (χ0v) is 17.1. The van der Waals surface area contributed by atoms with Crippen LogP contribution in [0.5, 0.6) is 5.75 Å². The molecule has 3 rings (SSSR count). The van der Waals surface area contributed by atoms with Gasteiger partial charge in [0.1, 0.15) is 12.4 Å². The first-order chi connectivity index (χ1) is 14.9. The van der Waals surface area contributed by atoms with E-state index in [9.17, 15) is 17.8 Å². The van der Waals surface area contributed by atoms with E-state index in [2.05, 4.69) is 9.71 Å². The molecule has 3 aromatic rings. The van der Waals surface area contributed by atoms with Gasteiger partial charge in [-0.1, -0.05) is 0 Å². The predicted octanol–water partition coefficient (Wildman–Crippen LogP) is 2.77. The molecule has 1 atom stereocenters. The Kier molecular flexibility index (Phi) is 7.75. The van der Waals surface area contributed by atoms with Crippen molar-refractivity contribution < 1.29 is 32.2 Å². The second-order valence-electron chi connectivity index (χ2n) is 6.67. The quantitative estimate of drug-likeness (QED) is 0.249. The number of fused-ring (bicyclic) bond motifs is 1. The standard InChI is InChI=1S/C21H20F2N2O5S/c22-18-9-13(2-1-5-25-31(28)29)8-17(20(18)23)21(27)14-3-4-19-15(10-14)11-16(12-24-19)30-7-6-26/h3-4,8-12,25-26H,1-2,5-7H2,(H,28,29). The molecule has 0 bridgehead atoms. The van der Waals surface area contributed by atoms with Crippen molar-refractivity contribution in [2.75, 3.05) is 19.8 Å². The summed E-state index contributed by atoms with van der Waals surface area (Å²) in [6.07, 6.45) is 2.16. The molecule has 0 aliphatic carbocycles. The Morgan fingerprint density at radius 2 is 2.00 bits per heavy atom. The van der Waals surface area contributed by atoms with Crippen LogP contribution in [-0.2, 0) is 17.7 Å². The van der Waals surface area contributed by atoms with Crippen molar-refractivity contribution >= 4 is 28.0 Å². The number of benzene rings is 2. The largest absolute Gasteiger partial charge is 0.490 e. The van der Waals surface area contributed by atoms with Crippen molar-refractivity contribution in [1.29, 1.82) is 0 Å². The molecule has 3 N–H and O–H groups in total.